The van der Waals surface area contributed by atoms with Crippen LogP contribution in [0.3, 0.4) is 0 Å². The van der Waals surface area contributed by atoms with E-state index in [9.17, 15) is 26.7 Å². The Labute approximate surface area is 103 Å². The minimum absolute atomic E-state index is 0.331. The van der Waals surface area contributed by atoms with E-state index in [2.05, 4.69) is 9.72 Å². The highest BCUT2D eigenvalue weighted by Gasteiger charge is 2.37. The summed E-state index contributed by atoms with van der Waals surface area (Å²) in [5.74, 6) is -2.58. The Bertz CT molecular complexity index is 487. The topological polar surface area (TPSA) is 59.4 Å². The van der Waals surface area contributed by atoms with Crippen molar-refractivity contribution in [2.75, 3.05) is 7.11 Å². The van der Waals surface area contributed by atoms with Gasteiger partial charge in [0.25, 0.3) is 6.43 Å². The van der Waals surface area contributed by atoms with E-state index < -0.39 is 47.7 Å². The lowest BCUT2D eigenvalue weighted by Gasteiger charge is -2.13. The largest absolute Gasteiger partial charge is 0.505 e. The fourth-order valence-corrected chi connectivity index (χ4v) is 1.29. The summed E-state index contributed by atoms with van der Waals surface area (Å²) < 4.78 is 66.8. The highest BCUT2D eigenvalue weighted by atomic mass is 19.4. The van der Waals surface area contributed by atoms with Crippen molar-refractivity contribution in [3.05, 3.63) is 23.0 Å². The molecule has 0 atom stereocenters. The number of rotatable bonds is 3. The summed E-state index contributed by atoms with van der Waals surface area (Å²) in [5, 5.41) is 9.13. The molecule has 0 spiro atoms. The third-order valence-electron chi connectivity index (χ3n) is 2.14. The maximum atomic E-state index is 12.5. The van der Waals surface area contributed by atoms with Crippen LogP contribution in [0.4, 0.5) is 22.0 Å². The molecule has 1 aromatic rings. The molecule has 19 heavy (non-hydrogen) atoms. The first-order chi connectivity index (χ1) is 8.66. The average Bonchev–Trinajstić information content (AvgIpc) is 2.29. The summed E-state index contributed by atoms with van der Waals surface area (Å²) in [4.78, 5) is 14.0. The Balaban J connectivity index is 3.35. The number of halogens is 5. The second-order valence-corrected chi connectivity index (χ2v) is 3.45. The van der Waals surface area contributed by atoms with E-state index in [4.69, 9.17) is 5.11 Å². The molecule has 0 radical (unpaired) electrons. The molecule has 1 aromatic heterocycles. The molecule has 0 bridgehead atoms. The molecule has 0 aliphatic rings. The molecule has 4 nitrogen and oxygen atoms in total. The van der Waals surface area contributed by atoms with E-state index in [0.717, 1.165) is 7.11 Å². The molecular formula is C10H8F5NO3. The van der Waals surface area contributed by atoms with E-state index in [1.54, 1.807) is 0 Å². The molecule has 106 valence electrons. The van der Waals surface area contributed by atoms with Gasteiger partial charge in [-0.3, -0.25) is 4.79 Å². The minimum atomic E-state index is -5.04. The van der Waals surface area contributed by atoms with Crippen molar-refractivity contribution in [2.45, 2.75) is 19.0 Å². The maximum Gasteiger partial charge on any atom is 0.420 e. The Morgan fingerprint density at radius 3 is 2.47 bits per heavy atom. The number of carbonyl (C=O) groups excluding carboxylic acids is 1. The third kappa shape index (κ3) is 3.52. The van der Waals surface area contributed by atoms with Crippen molar-refractivity contribution >= 4 is 5.97 Å². The van der Waals surface area contributed by atoms with Crippen LogP contribution in [-0.4, -0.2) is 23.2 Å². The van der Waals surface area contributed by atoms with Gasteiger partial charge in [0.1, 0.15) is 11.3 Å². The molecular weight excluding hydrogens is 277 g/mol. The van der Waals surface area contributed by atoms with Crippen molar-refractivity contribution < 1.29 is 36.6 Å². The first kappa shape index (κ1) is 15.1. The van der Waals surface area contributed by atoms with Crippen LogP contribution in [-0.2, 0) is 22.1 Å². The smallest absolute Gasteiger partial charge is 0.420 e. The standard InChI is InChI=1S/C10H8F5NO3/c1-19-6(17)3-4-2-5(10(13,14)15)8(18)7(16-4)9(11)12/h2,9,18H,3H2,1H3. The van der Waals surface area contributed by atoms with Crippen molar-refractivity contribution in [1.82, 2.24) is 4.98 Å². The van der Waals surface area contributed by atoms with Crippen molar-refractivity contribution in [2.24, 2.45) is 0 Å². The Hall–Kier alpha value is -1.93. The van der Waals surface area contributed by atoms with Crippen LogP contribution in [0, 0.1) is 0 Å². The number of carbonyl (C=O) groups is 1. The molecule has 0 aliphatic carbocycles. The van der Waals surface area contributed by atoms with Gasteiger partial charge in [0.2, 0.25) is 0 Å². The molecule has 0 unspecified atom stereocenters. The second-order valence-electron chi connectivity index (χ2n) is 3.45. The zero-order valence-corrected chi connectivity index (χ0v) is 9.46. The number of esters is 1. The van der Waals surface area contributed by atoms with Gasteiger partial charge in [-0.25, -0.2) is 13.8 Å². The van der Waals surface area contributed by atoms with E-state index in [1.165, 1.54) is 0 Å². The van der Waals surface area contributed by atoms with Gasteiger partial charge in [-0.05, 0) is 6.07 Å². The van der Waals surface area contributed by atoms with Crippen LogP contribution in [0.25, 0.3) is 0 Å². The fourth-order valence-electron chi connectivity index (χ4n) is 1.29. The number of aromatic hydroxyl groups is 1. The first-order valence-electron chi connectivity index (χ1n) is 4.81. The van der Waals surface area contributed by atoms with Crippen LogP contribution >= 0.6 is 0 Å². The van der Waals surface area contributed by atoms with Gasteiger partial charge in [0.15, 0.2) is 5.75 Å². The van der Waals surface area contributed by atoms with Crippen LogP contribution in [0.5, 0.6) is 5.75 Å². The molecule has 0 aromatic carbocycles. The lowest BCUT2D eigenvalue weighted by molar-refractivity contribution is -0.141. The van der Waals surface area contributed by atoms with Crippen LogP contribution in [0.1, 0.15) is 23.4 Å². The highest BCUT2D eigenvalue weighted by molar-refractivity contribution is 5.72. The number of hydrogen-bond acceptors (Lipinski definition) is 4. The van der Waals surface area contributed by atoms with Gasteiger partial charge in [-0.2, -0.15) is 13.2 Å². The van der Waals surface area contributed by atoms with E-state index >= 15 is 0 Å². The predicted octanol–water partition coefficient (Wildman–Crippen LogP) is 2.46. The van der Waals surface area contributed by atoms with Crippen molar-refractivity contribution in [3.63, 3.8) is 0 Å². The summed E-state index contributed by atoms with van der Waals surface area (Å²) in [6, 6.07) is 0.331. The van der Waals surface area contributed by atoms with E-state index in [1.807, 2.05) is 0 Å². The van der Waals surface area contributed by atoms with Crippen LogP contribution in [0.15, 0.2) is 6.07 Å². The monoisotopic (exact) mass is 285 g/mol. The summed E-state index contributed by atoms with van der Waals surface area (Å²) in [6.45, 7) is 0. The number of nitrogens with zero attached hydrogens (tertiary/aromatic N) is 1. The number of alkyl halides is 5. The van der Waals surface area contributed by atoms with Gasteiger partial charge in [-0.15, -0.1) is 0 Å². The summed E-state index contributed by atoms with van der Waals surface area (Å²) in [5.41, 5.74) is -3.65. The Kier molecular flexibility index (Phi) is 4.28. The summed E-state index contributed by atoms with van der Waals surface area (Å²) >= 11 is 0. The lowest BCUT2D eigenvalue weighted by Crippen LogP contribution is -2.13. The van der Waals surface area contributed by atoms with Crippen LogP contribution in [0.2, 0.25) is 0 Å². The van der Waals surface area contributed by atoms with Gasteiger partial charge in [-0.1, -0.05) is 0 Å². The lowest BCUT2D eigenvalue weighted by atomic mass is 10.1. The zero-order valence-electron chi connectivity index (χ0n) is 9.46. The molecule has 0 aliphatic heterocycles. The maximum absolute atomic E-state index is 12.5. The number of ether oxygens (including phenoxy) is 1. The number of pyridine rings is 1. The minimum Gasteiger partial charge on any atom is -0.505 e. The SMILES string of the molecule is COC(=O)Cc1cc(C(F)(F)F)c(O)c(C(F)F)n1. The number of methoxy groups -OCH3 is 1. The summed E-state index contributed by atoms with van der Waals surface area (Å²) in [7, 11) is 0.988. The molecule has 0 saturated carbocycles. The molecule has 1 rings (SSSR count). The third-order valence-corrected chi connectivity index (χ3v) is 2.14. The first-order valence-corrected chi connectivity index (χ1v) is 4.81. The zero-order chi connectivity index (χ0) is 14.8. The Morgan fingerprint density at radius 1 is 1.47 bits per heavy atom. The molecule has 0 saturated heterocycles. The average molecular weight is 285 g/mol. The van der Waals surface area contributed by atoms with Gasteiger partial charge >= 0.3 is 12.1 Å². The predicted molar refractivity (Wildman–Crippen MR) is 51.6 cm³/mol. The van der Waals surface area contributed by atoms with E-state index in [-0.39, 0.29) is 0 Å². The van der Waals surface area contributed by atoms with Gasteiger partial charge < -0.3 is 9.84 Å². The van der Waals surface area contributed by atoms with Gasteiger partial charge in [0.05, 0.1) is 19.2 Å². The second kappa shape index (κ2) is 5.37. The number of hydrogen-bond donors (Lipinski definition) is 1. The van der Waals surface area contributed by atoms with Crippen molar-refractivity contribution in [3.8, 4) is 5.75 Å². The molecule has 1 heterocycles. The van der Waals surface area contributed by atoms with E-state index in [0.29, 0.717) is 6.07 Å². The summed E-state index contributed by atoms with van der Waals surface area (Å²) in [6.07, 6.45) is -9.15. The highest BCUT2D eigenvalue weighted by Crippen LogP contribution is 2.40. The van der Waals surface area contributed by atoms with Crippen molar-refractivity contribution in [1.29, 1.82) is 0 Å². The molecule has 0 fully saturated rings. The molecule has 1 N–H and O–H groups in total. The number of aromatic nitrogens is 1. The van der Waals surface area contributed by atoms with Crippen LogP contribution < -0.4 is 0 Å². The molecule has 0 amide bonds. The fraction of sp³-hybridized carbons (Fsp3) is 0.400. The quantitative estimate of drug-likeness (QED) is 0.684. The normalized spacial score (nSPS) is 11.7. The molecule has 9 heteroatoms. The van der Waals surface area contributed by atoms with Gasteiger partial charge in [0, 0.05) is 0 Å². The Morgan fingerprint density at radius 2 is 2.05 bits per heavy atom.